The van der Waals surface area contributed by atoms with Crippen molar-refractivity contribution in [2.24, 2.45) is 0 Å². The van der Waals surface area contributed by atoms with Gasteiger partial charge in [0.2, 0.25) is 6.29 Å². The Morgan fingerprint density at radius 3 is 2.57 bits per heavy atom. The lowest BCUT2D eigenvalue weighted by Gasteiger charge is -2.11. The van der Waals surface area contributed by atoms with Gasteiger partial charge in [-0.25, -0.2) is 4.79 Å². The van der Waals surface area contributed by atoms with Crippen LogP contribution in [0.3, 0.4) is 0 Å². The summed E-state index contributed by atoms with van der Waals surface area (Å²) in [5.41, 5.74) is -0.475. The highest BCUT2D eigenvalue weighted by molar-refractivity contribution is 6.32. The highest BCUT2D eigenvalue weighted by Crippen LogP contribution is 2.38. The van der Waals surface area contributed by atoms with Gasteiger partial charge in [0.15, 0.2) is 0 Å². The Bertz CT molecular complexity index is 789. The number of hydrogen-bond acceptors (Lipinski definition) is 4. The quantitative estimate of drug-likeness (QED) is 0.825. The molecule has 0 saturated carbocycles. The maximum absolute atomic E-state index is 12.6. The first-order valence-corrected chi connectivity index (χ1v) is 6.71. The molecule has 1 atom stereocenters. The molecule has 2 aromatic rings. The molecule has 0 aliphatic carbocycles. The first kappa shape index (κ1) is 15.6. The van der Waals surface area contributed by atoms with Crippen LogP contribution in [0.5, 0.6) is 11.5 Å². The Hall–Kier alpha value is -2.25. The maximum Gasteiger partial charge on any atom is 0.416 e. The first-order chi connectivity index (χ1) is 10.8. The number of hydrogen-bond donors (Lipinski definition) is 1. The van der Waals surface area contributed by atoms with Gasteiger partial charge in [0.1, 0.15) is 11.5 Å². The van der Waals surface area contributed by atoms with Gasteiger partial charge in [-0.1, -0.05) is 11.6 Å². The molecule has 0 spiro atoms. The van der Waals surface area contributed by atoms with E-state index in [9.17, 15) is 23.1 Å². The van der Waals surface area contributed by atoms with Crippen molar-refractivity contribution in [1.29, 1.82) is 0 Å². The number of cyclic esters (lactones) is 1. The Kier molecular flexibility index (Phi) is 3.69. The molecule has 1 N–H and O–H groups in total. The number of ether oxygens (including phenoxy) is 2. The molecule has 1 aliphatic rings. The third-order valence-electron chi connectivity index (χ3n) is 3.21. The molecule has 0 amide bonds. The standard InChI is InChI=1S/C15H8ClF3O4/c16-11-5-7(15(17,18)19)1-4-12(11)22-8-2-3-9-10(6-8)14(21)23-13(9)20/h1-6,14,21H. The van der Waals surface area contributed by atoms with Crippen LogP contribution in [0.1, 0.15) is 27.8 Å². The second-order valence-electron chi connectivity index (χ2n) is 4.75. The summed E-state index contributed by atoms with van der Waals surface area (Å²) >= 11 is 5.80. The van der Waals surface area contributed by atoms with Gasteiger partial charge in [-0.15, -0.1) is 0 Å². The van der Waals surface area contributed by atoms with Crippen LogP contribution < -0.4 is 4.74 Å². The predicted molar refractivity (Wildman–Crippen MR) is 73.3 cm³/mol. The average molecular weight is 345 g/mol. The van der Waals surface area contributed by atoms with Gasteiger partial charge in [-0.05, 0) is 36.4 Å². The molecule has 0 bridgehead atoms. The molecular formula is C15H8ClF3O4. The number of alkyl halides is 3. The Balaban J connectivity index is 1.89. The number of esters is 1. The molecule has 4 nitrogen and oxygen atoms in total. The summed E-state index contributed by atoms with van der Waals surface area (Å²) in [5.74, 6) is -0.450. The van der Waals surface area contributed by atoms with Gasteiger partial charge < -0.3 is 14.6 Å². The smallest absolute Gasteiger partial charge is 0.416 e. The maximum atomic E-state index is 12.6. The molecule has 2 aromatic carbocycles. The minimum absolute atomic E-state index is 0.0133. The molecule has 8 heteroatoms. The molecule has 0 saturated heterocycles. The monoisotopic (exact) mass is 344 g/mol. The summed E-state index contributed by atoms with van der Waals surface area (Å²) in [6.45, 7) is 0. The summed E-state index contributed by atoms with van der Waals surface area (Å²) in [7, 11) is 0. The van der Waals surface area contributed by atoms with E-state index in [2.05, 4.69) is 4.74 Å². The van der Waals surface area contributed by atoms with E-state index in [1.165, 1.54) is 18.2 Å². The van der Waals surface area contributed by atoms with Crippen molar-refractivity contribution < 1.29 is 32.5 Å². The van der Waals surface area contributed by atoms with Gasteiger partial charge in [0.05, 0.1) is 16.1 Å². The predicted octanol–water partition coefficient (Wildman–Crippen LogP) is 4.31. The van der Waals surface area contributed by atoms with Crippen molar-refractivity contribution in [2.75, 3.05) is 0 Å². The third-order valence-corrected chi connectivity index (χ3v) is 3.51. The van der Waals surface area contributed by atoms with E-state index in [1.807, 2.05) is 0 Å². The van der Waals surface area contributed by atoms with E-state index >= 15 is 0 Å². The summed E-state index contributed by atoms with van der Waals surface area (Å²) in [6.07, 6.45) is -5.90. The average Bonchev–Trinajstić information content (AvgIpc) is 2.75. The number of aliphatic hydroxyl groups excluding tert-OH is 1. The molecular weight excluding hydrogens is 337 g/mol. The molecule has 0 aromatic heterocycles. The summed E-state index contributed by atoms with van der Waals surface area (Å²) < 4.78 is 47.8. The van der Waals surface area contributed by atoms with E-state index in [1.54, 1.807) is 0 Å². The van der Waals surface area contributed by atoms with Gasteiger partial charge >= 0.3 is 12.1 Å². The molecule has 1 aliphatic heterocycles. The number of rotatable bonds is 2. The summed E-state index contributed by atoms with van der Waals surface area (Å²) in [5, 5.41) is 9.36. The fourth-order valence-electron chi connectivity index (χ4n) is 2.11. The fourth-order valence-corrected chi connectivity index (χ4v) is 2.33. The molecule has 0 radical (unpaired) electrons. The van der Waals surface area contributed by atoms with E-state index < -0.39 is 24.0 Å². The van der Waals surface area contributed by atoms with Crippen molar-refractivity contribution >= 4 is 17.6 Å². The van der Waals surface area contributed by atoms with Crippen LogP contribution in [0, 0.1) is 0 Å². The zero-order valence-corrected chi connectivity index (χ0v) is 12.0. The lowest BCUT2D eigenvalue weighted by atomic mass is 10.1. The molecule has 3 rings (SSSR count). The SMILES string of the molecule is O=C1OC(O)c2cc(Oc3ccc(C(F)(F)F)cc3Cl)ccc21. The topological polar surface area (TPSA) is 55.8 Å². The van der Waals surface area contributed by atoms with Crippen molar-refractivity contribution in [3.8, 4) is 11.5 Å². The van der Waals surface area contributed by atoms with Gasteiger partial charge in [-0.2, -0.15) is 13.2 Å². The Morgan fingerprint density at radius 2 is 1.91 bits per heavy atom. The second-order valence-corrected chi connectivity index (χ2v) is 5.16. The van der Waals surface area contributed by atoms with Crippen molar-refractivity contribution in [3.05, 3.63) is 58.1 Å². The van der Waals surface area contributed by atoms with Crippen LogP contribution >= 0.6 is 11.6 Å². The van der Waals surface area contributed by atoms with Crippen molar-refractivity contribution in [2.45, 2.75) is 12.5 Å². The van der Waals surface area contributed by atoms with Gasteiger partial charge in [-0.3, -0.25) is 0 Å². The van der Waals surface area contributed by atoms with Crippen molar-refractivity contribution in [3.63, 3.8) is 0 Å². The van der Waals surface area contributed by atoms with E-state index in [0.29, 0.717) is 0 Å². The number of halogens is 4. The number of benzene rings is 2. The van der Waals surface area contributed by atoms with Crippen LogP contribution in [0.15, 0.2) is 36.4 Å². The Labute approximate surface area is 133 Å². The molecule has 0 fully saturated rings. The number of carbonyl (C=O) groups excluding carboxylic acids is 1. The number of carbonyl (C=O) groups is 1. The number of fused-ring (bicyclic) bond motifs is 1. The third kappa shape index (κ3) is 2.97. The highest BCUT2D eigenvalue weighted by Gasteiger charge is 2.32. The molecule has 1 unspecified atom stereocenters. The molecule has 120 valence electrons. The molecule has 1 heterocycles. The van der Waals surface area contributed by atoms with Gasteiger partial charge in [0.25, 0.3) is 0 Å². The molecule has 23 heavy (non-hydrogen) atoms. The Morgan fingerprint density at radius 1 is 1.17 bits per heavy atom. The zero-order chi connectivity index (χ0) is 16.8. The largest absolute Gasteiger partial charge is 0.456 e. The summed E-state index contributed by atoms with van der Waals surface area (Å²) in [6, 6.07) is 6.87. The fraction of sp³-hybridized carbons (Fsp3) is 0.133. The van der Waals surface area contributed by atoms with E-state index in [0.717, 1.165) is 18.2 Å². The minimum atomic E-state index is -4.50. The van der Waals surface area contributed by atoms with E-state index in [-0.39, 0.29) is 27.6 Å². The van der Waals surface area contributed by atoms with Crippen LogP contribution in [-0.4, -0.2) is 11.1 Å². The lowest BCUT2D eigenvalue weighted by molar-refractivity contribution is -0.137. The normalized spacial score (nSPS) is 16.9. The van der Waals surface area contributed by atoms with Crippen molar-refractivity contribution in [1.82, 2.24) is 0 Å². The number of aliphatic hydroxyl groups is 1. The van der Waals surface area contributed by atoms with Crippen LogP contribution in [-0.2, 0) is 10.9 Å². The minimum Gasteiger partial charge on any atom is -0.456 e. The second kappa shape index (κ2) is 5.43. The van der Waals surface area contributed by atoms with Crippen LogP contribution in [0.4, 0.5) is 13.2 Å². The zero-order valence-electron chi connectivity index (χ0n) is 11.2. The lowest BCUT2D eigenvalue weighted by Crippen LogP contribution is -2.04. The van der Waals surface area contributed by atoms with Crippen LogP contribution in [0.25, 0.3) is 0 Å². The first-order valence-electron chi connectivity index (χ1n) is 6.33. The highest BCUT2D eigenvalue weighted by atomic mass is 35.5. The van der Waals surface area contributed by atoms with Crippen LogP contribution in [0.2, 0.25) is 5.02 Å². The van der Waals surface area contributed by atoms with Gasteiger partial charge in [0, 0.05) is 5.56 Å². The van der Waals surface area contributed by atoms with E-state index in [4.69, 9.17) is 16.3 Å². The summed E-state index contributed by atoms with van der Waals surface area (Å²) in [4.78, 5) is 11.4.